The van der Waals surface area contributed by atoms with Gasteiger partial charge in [0.25, 0.3) is 5.69 Å². The van der Waals surface area contributed by atoms with Crippen molar-refractivity contribution in [3.8, 4) is 57.7 Å². The molecular weight excluding hydrogens is 1780 g/mol. The smallest absolute Gasteiger partial charge is 0.287 e. The number of aromatic nitrogens is 12. The zero-order chi connectivity index (χ0) is 86.7. The Morgan fingerprint density at radius 2 is 0.672 bits per heavy atom. The lowest BCUT2D eigenvalue weighted by Gasteiger charge is -2.12. The van der Waals surface area contributed by atoms with Crippen molar-refractivity contribution in [2.24, 2.45) is 0 Å². The Bertz CT molecular complexity index is 6840. The number of thiophene rings is 2. The molecular formula is C90H65Cl8N23O2S2. The summed E-state index contributed by atoms with van der Waals surface area (Å²) in [6.45, 7) is 4.79. The monoisotopic (exact) mass is 1840 g/mol. The largest absolute Gasteiger partial charge is 0.374 e. The minimum atomic E-state index is -0.483. The van der Waals surface area contributed by atoms with Crippen molar-refractivity contribution in [1.82, 2.24) is 59.8 Å². The van der Waals surface area contributed by atoms with Crippen molar-refractivity contribution in [3.05, 3.63) is 311 Å². The highest BCUT2D eigenvalue weighted by Crippen LogP contribution is 2.40. The fraction of sp³-hybridized carbons (Fsp3) is 0.0889. The second-order valence-electron chi connectivity index (χ2n) is 27.0. The molecule has 125 heavy (non-hydrogen) atoms. The second-order valence-corrected chi connectivity index (χ2v) is 32.5. The molecule has 0 radical (unpaired) electrons. The molecule has 0 aliphatic heterocycles. The molecule has 35 heteroatoms. The summed E-state index contributed by atoms with van der Waals surface area (Å²) in [4.78, 5) is 64.1. The van der Waals surface area contributed by atoms with Crippen molar-refractivity contribution in [1.29, 1.82) is 10.5 Å². The van der Waals surface area contributed by atoms with Crippen LogP contribution in [0.15, 0.2) is 250 Å². The van der Waals surface area contributed by atoms with Gasteiger partial charge in [-0.15, -0.1) is 22.7 Å². The number of nitro groups is 1. The Hall–Kier alpha value is -13.3. The summed E-state index contributed by atoms with van der Waals surface area (Å²) in [5, 5.41) is 67.9. The van der Waals surface area contributed by atoms with E-state index in [4.69, 9.17) is 113 Å². The molecule has 0 aliphatic rings. The zero-order valence-corrected chi connectivity index (χ0v) is 72.9. The highest BCUT2D eigenvalue weighted by atomic mass is 35.5. The van der Waals surface area contributed by atoms with Gasteiger partial charge in [-0.25, -0.2) is 49.8 Å². The number of fused-ring (bicyclic) bond motifs is 6. The lowest BCUT2D eigenvalue weighted by molar-refractivity contribution is -0.385. The van der Waals surface area contributed by atoms with Crippen LogP contribution in [0.4, 0.5) is 50.6 Å². The Labute approximate surface area is 762 Å². The Balaban J connectivity index is 0.000000129. The summed E-state index contributed by atoms with van der Waals surface area (Å²) in [7, 11) is 0. The summed E-state index contributed by atoms with van der Waals surface area (Å²) in [6.07, 6.45) is 9.65. The molecule has 9 aromatic heterocycles. The maximum absolute atomic E-state index is 10.7. The van der Waals surface area contributed by atoms with Gasteiger partial charge < -0.3 is 42.5 Å². The van der Waals surface area contributed by atoms with Crippen molar-refractivity contribution >= 4 is 230 Å². The average Bonchev–Trinajstić information content (AvgIpc) is 1.64. The van der Waals surface area contributed by atoms with Crippen LogP contribution in [-0.2, 0) is 0 Å². The van der Waals surface area contributed by atoms with E-state index < -0.39 is 4.92 Å². The Morgan fingerprint density at radius 3 is 1.03 bits per heavy atom. The molecule has 0 amide bonds. The lowest BCUT2D eigenvalue weighted by Crippen LogP contribution is -2.15. The van der Waals surface area contributed by atoms with Crippen LogP contribution in [0.3, 0.4) is 0 Å². The van der Waals surface area contributed by atoms with Gasteiger partial charge in [-0.05, 0) is 140 Å². The molecule has 0 spiro atoms. The van der Waals surface area contributed by atoms with Gasteiger partial charge in [0.05, 0.1) is 64.4 Å². The van der Waals surface area contributed by atoms with Crippen LogP contribution in [0, 0.1) is 32.8 Å². The molecule has 620 valence electrons. The van der Waals surface area contributed by atoms with Crippen LogP contribution < -0.4 is 42.5 Å². The summed E-state index contributed by atoms with van der Waals surface area (Å²) in [5.74, 6) is 6.22. The SMILES string of the molecule is Clc1ccc(-c2nc(NCCNc3cnccn3)c3ccccc3n2)c(Cl)c1.N#Cc1c(NCCNc2nc(-c3ccc(Cl)cc3Cl)nc3ccccc23)sc2ccccc12.N#Cc1c(NCCNc2nc(-c3ccc(Cl)cc3Cl)nc3ccccc23)sc2ccncc12.O=[N+]([O-])c1ccc(NCCNc2nc(-c3ccc(Cl)cc3Cl)nc3ccccc23)nc1. The summed E-state index contributed by atoms with van der Waals surface area (Å²) in [5.41, 5.74) is 7.36. The van der Waals surface area contributed by atoms with Gasteiger partial charge in [-0.3, -0.25) is 20.1 Å². The second kappa shape index (κ2) is 41.3. The number of nitrogens with one attached hydrogen (secondary N) is 8. The number of rotatable bonds is 25. The van der Waals surface area contributed by atoms with E-state index in [1.165, 1.54) is 12.3 Å². The average molecular weight is 1850 g/mol. The lowest BCUT2D eigenvalue weighted by atomic mass is 10.2. The van der Waals surface area contributed by atoms with E-state index in [9.17, 15) is 20.6 Å². The fourth-order valence-electron chi connectivity index (χ4n) is 12.9. The maximum atomic E-state index is 10.7. The van der Waals surface area contributed by atoms with E-state index >= 15 is 0 Å². The third-order valence-corrected chi connectivity index (χ3v) is 23.2. The van der Waals surface area contributed by atoms with Crippen LogP contribution in [-0.4, -0.2) is 117 Å². The minimum absolute atomic E-state index is 0.0514. The predicted molar refractivity (Wildman–Crippen MR) is 512 cm³/mol. The number of para-hydroxylation sites is 4. The standard InChI is InChI=1S/C25H17Cl2N5S.C24H16Cl2N6S.C21H16Cl2N6O2.C20H16Cl2N6/c26-15-9-10-17(20(27)13-15)24-31-21-7-3-1-6-18(21)23(32-24)29-11-12-30-25-19(14-28)16-5-2-4-8-22(16)33-25;25-14-5-6-15(19(26)11-14)23-31-20-4-2-1-3-16(20)22(32-23)29-9-10-30-24-17(12-27)18-13-28-8-7-21(18)33-24;22-13-5-7-15(17(23)11-13)21-27-18-4-2-1-3-16(18)20(28-21)25-10-9-24-19-8-6-14(12-26-19)29(30)31;21-13-5-6-14(16(22)11-13)20-27-17-4-2-1-3-15(17)19(28-20)26-10-9-25-18-12-23-7-8-24-18/h1-10,13,30H,11-12H2,(H,29,31,32);1-8,11,13,30H,9-10H2,(H,29,31,32);1-8,11-12H,9-10H2,(H,24,26)(H,25,27,28);1-8,11-12H,9-10H2,(H,24,25)(H,26,27,28). The first-order valence-corrected chi connectivity index (χ1v) is 43.0. The van der Waals surface area contributed by atoms with Crippen molar-refractivity contribution in [2.75, 3.05) is 94.9 Å². The number of benzene rings is 9. The summed E-state index contributed by atoms with van der Waals surface area (Å²) < 4.78 is 2.12. The highest BCUT2D eigenvalue weighted by Gasteiger charge is 2.20. The van der Waals surface area contributed by atoms with Gasteiger partial charge in [0, 0.05) is 167 Å². The molecule has 18 aromatic rings. The Kier molecular flexibility index (Phi) is 28.6. The highest BCUT2D eigenvalue weighted by molar-refractivity contribution is 7.23. The molecule has 25 nitrogen and oxygen atoms in total. The van der Waals surface area contributed by atoms with Gasteiger partial charge in [0.2, 0.25) is 0 Å². The predicted octanol–water partition coefficient (Wildman–Crippen LogP) is 24.2. The molecule has 0 atom stereocenters. The minimum Gasteiger partial charge on any atom is -0.374 e. The number of halogens is 8. The number of anilines is 8. The van der Waals surface area contributed by atoms with Gasteiger partial charge >= 0.3 is 0 Å². The van der Waals surface area contributed by atoms with Crippen LogP contribution in [0.2, 0.25) is 40.2 Å². The van der Waals surface area contributed by atoms with E-state index in [1.807, 2.05) is 146 Å². The molecule has 0 unspecified atom stereocenters. The molecule has 0 fully saturated rings. The zero-order valence-electron chi connectivity index (χ0n) is 65.2. The van der Waals surface area contributed by atoms with Crippen LogP contribution in [0.25, 0.3) is 109 Å². The quantitative estimate of drug-likeness (QED) is 0.0150. The van der Waals surface area contributed by atoms with E-state index in [0.717, 1.165) is 102 Å². The molecule has 18 rings (SSSR count). The van der Waals surface area contributed by atoms with E-state index in [1.54, 1.807) is 114 Å². The molecule has 0 bridgehead atoms. The number of nitrogens with zero attached hydrogens (tertiary/aromatic N) is 15. The number of pyridine rings is 2. The summed E-state index contributed by atoms with van der Waals surface area (Å²) >= 11 is 52.8. The molecule has 9 aromatic carbocycles. The van der Waals surface area contributed by atoms with E-state index in [2.05, 4.69) is 94.5 Å². The van der Waals surface area contributed by atoms with Crippen molar-refractivity contribution < 1.29 is 4.92 Å². The van der Waals surface area contributed by atoms with Gasteiger partial charge in [0.1, 0.15) is 63.2 Å². The number of hydrogen-bond donors (Lipinski definition) is 8. The van der Waals surface area contributed by atoms with Crippen molar-refractivity contribution in [3.63, 3.8) is 0 Å². The molecule has 0 aliphatic carbocycles. The number of hydrogen-bond acceptors (Lipinski definition) is 26. The van der Waals surface area contributed by atoms with Crippen molar-refractivity contribution in [2.45, 2.75) is 0 Å². The third-order valence-electron chi connectivity index (χ3n) is 18.8. The first-order chi connectivity index (χ1) is 61.0. The topological polar surface area (TPSA) is 342 Å². The van der Waals surface area contributed by atoms with E-state index in [0.29, 0.717) is 156 Å². The molecule has 0 saturated heterocycles. The van der Waals surface area contributed by atoms with Gasteiger partial charge in [-0.1, -0.05) is 160 Å². The fourth-order valence-corrected chi connectivity index (χ4v) is 17.0. The maximum Gasteiger partial charge on any atom is 0.287 e. The van der Waals surface area contributed by atoms with E-state index in [-0.39, 0.29) is 5.69 Å². The van der Waals surface area contributed by atoms with Crippen LogP contribution in [0.1, 0.15) is 11.1 Å². The molecule has 9 heterocycles. The van der Waals surface area contributed by atoms with Gasteiger partial charge in [-0.2, -0.15) is 10.5 Å². The third kappa shape index (κ3) is 21.5. The van der Waals surface area contributed by atoms with Crippen LogP contribution in [0.5, 0.6) is 0 Å². The summed E-state index contributed by atoms with van der Waals surface area (Å²) in [6, 6.07) is 69.7. The molecule has 8 N–H and O–H groups in total. The first-order valence-electron chi connectivity index (χ1n) is 38.3. The van der Waals surface area contributed by atoms with Gasteiger partial charge in [0.15, 0.2) is 23.3 Å². The Morgan fingerprint density at radius 1 is 0.328 bits per heavy atom. The number of nitriles is 2. The normalized spacial score (nSPS) is 10.9. The first kappa shape index (κ1) is 86.7. The molecule has 0 saturated carbocycles. The van der Waals surface area contributed by atoms with Crippen LogP contribution >= 0.6 is 115 Å².